The van der Waals surface area contributed by atoms with Gasteiger partial charge in [-0.3, -0.25) is 57.5 Å². The number of piperidine rings is 1. The number of ether oxygens (including phenoxy) is 1. The average Bonchev–Trinajstić information content (AvgIpc) is 0.810. The van der Waals surface area contributed by atoms with Crippen molar-refractivity contribution in [1.29, 1.82) is 0 Å². The number of likely N-dealkylation sites (N-methyl/N-ethyl adjacent to an activating group) is 7. The summed E-state index contributed by atoms with van der Waals surface area (Å²) in [5, 5.41) is 22.8. The van der Waals surface area contributed by atoms with Crippen LogP contribution in [0.1, 0.15) is 159 Å². The van der Waals surface area contributed by atoms with Crippen LogP contribution >= 0.6 is 0 Å². The van der Waals surface area contributed by atoms with E-state index in [1.165, 1.54) is 89.7 Å². The minimum absolute atomic E-state index is 0.0774. The minimum atomic E-state index is -1.73. The van der Waals surface area contributed by atoms with Crippen LogP contribution in [0.15, 0.2) is 60.7 Å². The molecule has 12 amide bonds. The molecule has 2 heterocycles. The summed E-state index contributed by atoms with van der Waals surface area (Å²) in [6.45, 7) is 24.5. The van der Waals surface area contributed by atoms with Gasteiger partial charge in [-0.1, -0.05) is 122 Å². The van der Waals surface area contributed by atoms with Gasteiger partial charge < -0.3 is 70.3 Å². The molecule has 26 heteroatoms. The Bertz CT molecular complexity index is 3140. The molecule has 0 spiro atoms. The van der Waals surface area contributed by atoms with Crippen molar-refractivity contribution in [3.8, 4) is 0 Å². The molecule has 2 aliphatic rings. The summed E-state index contributed by atoms with van der Waals surface area (Å²) in [6.07, 6.45) is 0.446. The maximum atomic E-state index is 15.4. The number of likely N-dealkylation sites (tertiary alicyclic amines) is 1. The Morgan fingerprint density at radius 3 is 1.36 bits per heavy atom. The van der Waals surface area contributed by atoms with Crippen molar-refractivity contribution in [1.82, 2.24) is 60.5 Å². The first-order valence-electron chi connectivity index (χ1n) is 35.9. The Hall–Kier alpha value is -8.00. The minimum Gasteiger partial charge on any atom is -0.391 e. The first-order chi connectivity index (χ1) is 47.1. The van der Waals surface area contributed by atoms with Crippen molar-refractivity contribution in [2.75, 3.05) is 69.0 Å². The molecular weight excluding hydrogens is 1290 g/mol. The number of carbonyl (C=O) groups is 12. The Morgan fingerprint density at radius 2 is 0.901 bits per heavy atom. The van der Waals surface area contributed by atoms with Gasteiger partial charge in [-0.2, -0.15) is 0 Å². The summed E-state index contributed by atoms with van der Waals surface area (Å²) in [6, 6.07) is 2.46. The van der Waals surface area contributed by atoms with E-state index in [0.29, 0.717) is 43.5 Å². The highest BCUT2D eigenvalue weighted by Gasteiger charge is 2.45. The first-order valence-corrected chi connectivity index (χ1v) is 35.9. The molecule has 26 nitrogen and oxygen atoms in total. The Kier molecular flexibility index (Phi) is 32.9. The van der Waals surface area contributed by atoms with E-state index in [1.54, 1.807) is 93.3 Å². The van der Waals surface area contributed by atoms with Gasteiger partial charge in [0.05, 0.1) is 24.7 Å². The van der Waals surface area contributed by atoms with Crippen molar-refractivity contribution in [2.45, 2.75) is 239 Å². The van der Waals surface area contributed by atoms with Crippen LogP contribution in [-0.2, 0) is 75.1 Å². The number of nitrogens with zero attached hydrogens (tertiary/aromatic N) is 8. The Balaban J connectivity index is 2.00. The Labute approximate surface area is 600 Å². The van der Waals surface area contributed by atoms with E-state index in [4.69, 9.17) is 4.74 Å². The number of amides is 12. The average molecular weight is 1410 g/mol. The third kappa shape index (κ3) is 24.1. The predicted molar refractivity (Wildman–Crippen MR) is 386 cm³/mol. The fraction of sp³-hybridized carbons (Fsp3) is 0.680. The number of hydrogen-bond donors (Lipinski definition) is 5. The second-order valence-corrected chi connectivity index (χ2v) is 30.1. The van der Waals surface area contributed by atoms with Crippen LogP contribution < -0.4 is 21.3 Å². The third-order valence-electron chi connectivity index (χ3n) is 19.5. The standard InChI is InChI=1S/C75H120N12O14/c1-22-48(8)63-74(100)85(20)58(40-47(6)7)65(91)77-55(72(98)87-36-30-25-31-37-87)43-61(89)80(15)49(9)68(94)82(17)57(39-46(4)5)64(90)76-54(38-45(2)3)70(96)83(18)59(41-52-32-26-23-27-33-52)66(92)78-56(44-101-75(12,13)14)71(97)84(19)60(42-53-34-28-24-29-35-53)67(93)79-62(51(11)88)73(99)81(16)50(10)69(95)86(63)21/h23-24,26-29,32-35,45-51,54-60,62-63,88H,22,25,30-31,36-44H2,1-21H3,(H,76,90)(H,77,91)(H,78,92)(H,79,93)/t48-,49-,50-,51+,54-,55-,56-,57-,58-,59-,60-,62-,63-/m0/s1. The highest BCUT2D eigenvalue weighted by atomic mass is 16.5. The molecule has 0 aromatic heterocycles. The number of aliphatic hydroxyl groups is 1. The molecule has 2 aromatic carbocycles. The van der Waals surface area contributed by atoms with Crippen molar-refractivity contribution in [3.05, 3.63) is 71.8 Å². The SMILES string of the molecule is CC[C@H](C)[C@H]1C(=O)N(C)[C@@H](CC(C)C)C(=O)N[C@H](C(=O)N2CCCCC2)CC(=O)N(C)[C@@H](C)C(=O)N(C)[C@@H](CC(C)C)C(=O)N[C@@H](CC(C)C)C(=O)N(C)[C@@H](Cc2ccccc2)C(=O)N[C@@H](COC(C)(C)C)C(=O)N(C)[C@@H](Cc2ccccc2)C(=O)N[C@@H]([C@@H](C)O)C(=O)N(C)[C@@H](C)C(=O)N1C. The molecule has 0 unspecified atom stereocenters. The van der Waals surface area contributed by atoms with Crippen LogP contribution in [0.5, 0.6) is 0 Å². The van der Waals surface area contributed by atoms with Crippen LogP contribution in [0.2, 0.25) is 0 Å². The monoisotopic (exact) mass is 1410 g/mol. The fourth-order valence-corrected chi connectivity index (χ4v) is 12.8. The second-order valence-electron chi connectivity index (χ2n) is 30.1. The van der Waals surface area contributed by atoms with E-state index in [9.17, 15) is 29.1 Å². The number of rotatable bonds is 16. The van der Waals surface area contributed by atoms with Crippen molar-refractivity contribution >= 4 is 70.9 Å². The summed E-state index contributed by atoms with van der Waals surface area (Å²) in [5.74, 6) is -9.97. The number of carbonyl (C=O) groups excluding carboxylic acids is 12. The molecule has 2 aliphatic heterocycles. The van der Waals surface area contributed by atoms with Gasteiger partial charge in [-0.25, -0.2) is 0 Å². The number of benzene rings is 2. The molecule has 2 saturated heterocycles. The molecule has 564 valence electrons. The molecular formula is C75H120N12O14. The maximum absolute atomic E-state index is 15.4. The lowest BCUT2D eigenvalue weighted by Gasteiger charge is -2.40. The summed E-state index contributed by atoms with van der Waals surface area (Å²) in [7, 11) is 9.74. The molecule has 13 atom stereocenters. The van der Waals surface area contributed by atoms with Gasteiger partial charge in [0.1, 0.15) is 66.5 Å². The largest absolute Gasteiger partial charge is 0.391 e. The Morgan fingerprint density at radius 1 is 0.495 bits per heavy atom. The third-order valence-corrected chi connectivity index (χ3v) is 19.5. The van der Waals surface area contributed by atoms with Crippen molar-refractivity contribution in [2.24, 2.45) is 23.7 Å². The maximum Gasteiger partial charge on any atom is 0.248 e. The van der Waals surface area contributed by atoms with E-state index in [0.717, 1.165) is 21.1 Å². The van der Waals surface area contributed by atoms with Crippen LogP contribution in [0.25, 0.3) is 0 Å². The van der Waals surface area contributed by atoms with E-state index >= 15 is 33.6 Å². The zero-order chi connectivity index (χ0) is 76.2. The van der Waals surface area contributed by atoms with Gasteiger partial charge in [0.15, 0.2) is 0 Å². The van der Waals surface area contributed by atoms with Gasteiger partial charge in [-0.05, 0) is 115 Å². The summed E-state index contributed by atoms with van der Waals surface area (Å²) in [5.41, 5.74) is 0.334. The summed E-state index contributed by atoms with van der Waals surface area (Å²) >= 11 is 0. The van der Waals surface area contributed by atoms with Crippen LogP contribution in [0, 0.1) is 23.7 Å². The zero-order valence-corrected chi connectivity index (χ0v) is 64.0. The molecule has 0 aliphatic carbocycles. The van der Waals surface area contributed by atoms with Crippen LogP contribution in [0.4, 0.5) is 0 Å². The van der Waals surface area contributed by atoms with E-state index in [1.807, 2.05) is 48.5 Å². The highest BCUT2D eigenvalue weighted by molar-refractivity contribution is 6.00. The summed E-state index contributed by atoms with van der Waals surface area (Å²) < 4.78 is 6.22. The molecule has 0 radical (unpaired) electrons. The van der Waals surface area contributed by atoms with Crippen LogP contribution in [0.3, 0.4) is 0 Å². The first kappa shape index (κ1) is 85.4. The lowest BCUT2D eigenvalue weighted by Crippen LogP contribution is -2.63. The lowest BCUT2D eigenvalue weighted by molar-refractivity contribution is -0.154. The lowest BCUT2D eigenvalue weighted by atomic mass is 9.94. The van der Waals surface area contributed by atoms with E-state index < -0.39 is 168 Å². The number of nitrogens with one attached hydrogen (secondary N) is 4. The number of aliphatic hydroxyl groups excluding tert-OH is 1. The fourth-order valence-electron chi connectivity index (χ4n) is 12.8. The summed E-state index contributed by atoms with van der Waals surface area (Å²) in [4.78, 5) is 190. The van der Waals surface area contributed by atoms with Crippen molar-refractivity contribution in [3.63, 3.8) is 0 Å². The van der Waals surface area contributed by atoms with Crippen LogP contribution in [-0.4, -0.2) is 262 Å². The van der Waals surface area contributed by atoms with Gasteiger partial charge >= 0.3 is 0 Å². The van der Waals surface area contributed by atoms with Gasteiger partial charge in [-0.15, -0.1) is 0 Å². The smallest absolute Gasteiger partial charge is 0.248 e. The quantitative estimate of drug-likeness (QED) is 0.159. The van der Waals surface area contributed by atoms with Gasteiger partial charge in [0, 0.05) is 75.3 Å². The van der Waals surface area contributed by atoms with Crippen molar-refractivity contribution < 1.29 is 67.4 Å². The highest BCUT2D eigenvalue weighted by Crippen LogP contribution is 2.25. The van der Waals surface area contributed by atoms with E-state index in [-0.39, 0.29) is 49.9 Å². The molecule has 2 fully saturated rings. The molecule has 5 N–H and O–H groups in total. The zero-order valence-electron chi connectivity index (χ0n) is 64.0. The number of hydrogen-bond acceptors (Lipinski definition) is 14. The molecule has 2 aromatic rings. The van der Waals surface area contributed by atoms with Gasteiger partial charge in [0.2, 0.25) is 70.9 Å². The molecule has 0 bridgehead atoms. The molecule has 0 saturated carbocycles. The van der Waals surface area contributed by atoms with E-state index in [2.05, 4.69) is 21.3 Å². The predicted octanol–water partition coefficient (Wildman–Crippen LogP) is 4.04. The topological polar surface area (TPSA) is 308 Å². The van der Waals surface area contributed by atoms with Gasteiger partial charge in [0.25, 0.3) is 0 Å². The normalized spacial score (nSPS) is 26.1. The molecule has 4 rings (SSSR count). The second kappa shape index (κ2) is 38.9. The molecule has 101 heavy (non-hydrogen) atoms.